The number of rotatable bonds is 3. The highest BCUT2D eigenvalue weighted by atomic mass is 19.1. The highest BCUT2D eigenvalue weighted by Crippen LogP contribution is 2.22. The Balaban J connectivity index is 0.000000263. The minimum absolute atomic E-state index is 0.0538. The van der Waals surface area contributed by atoms with Gasteiger partial charge in [0.15, 0.2) is 11.6 Å². The summed E-state index contributed by atoms with van der Waals surface area (Å²) < 4.78 is 26.1. The zero-order valence-corrected chi connectivity index (χ0v) is 14.7. The number of nitro benzene ring substituents is 1. The Morgan fingerprint density at radius 1 is 0.923 bits per heavy atom. The van der Waals surface area contributed by atoms with Crippen LogP contribution >= 0.6 is 0 Å². The molecule has 2 aromatic rings. The molecule has 0 aliphatic carbocycles. The Labute approximate surface area is 148 Å². The maximum atomic E-state index is 13.1. The molecule has 8 heteroatoms. The van der Waals surface area contributed by atoms with E-state index in [1.807, 2.05) is 0 Å². The normalized spacial score (nSPS) is 9.92. The van der Waals surface area contributed by atoms with E-state index in [0.717, 1.165) is 19.1 Å². The van der Waals surface area contributed by atoms with Crippen LogP contribution in [0.2, 0.25) is 0 Å². The van der Waals surface area contributed by atoms with E-state index in [-0.39, 0.29) is 28.2 Å². The number of carbonyl (C=O) groups is 2. The molecular weight excluding hydrogens is 346 g/mol. The van der Waals surface area contributed by atoms with Crippen molar-refractivity contribution < 1.29 is 23.3 Å². The summed E-state index contributed by atoms with van der Waals surface area (Å²) in [5.41, 5.74) is 6.38. The molecule has 0 aliphatic heterocycles. The Hall–Kier alpha value is -3.16. The molecule has 26 heavy (non-hydrogen) atoms. The molecule has 0 atom stereocenters. The Morgan fingerprint density at radius 3 is 1.77 bits per heavy atom. The summed E-state index contributed by atoms with van der Waals surface area (Å²) in [6.07, 6.45) is 0. The van der Waals surface area contributed by atoms with Gasteiger partial charge in [-0.05, 0) is 51.5 Å². The summed E-state index contributed by atoms with van der Waals surface area (Å²) >= 11 is 0. The third-order valence-electron chi connectivity index (χ3n) is 3.60. The molecule has 0 aromatic heterocycles. The highest BCUT2D eigenvalue weighted by molar-refractivity contribution is 5.95. The van der Waals surface area contributed by atoms with Crippen molar-refractivity contribution in [3.8, 4) is 0 Å². The zero-order chi connectivity index (χ0) is 20.2. The SMILES string of the molecule is CC(=O)c1cc(N)c(C)cc1F.CC(=O)c1cc([N+](=O)[O-])c(C)cc1F. The Morgan fingerprint density at radius 2 is 1.35 bits per heavy atom. The second-order valence-electron chi connectivity index (χ2n) is 5.68. The van der Waals surface area contributed by atoms with Crippen LogP contribution in [0.1, 0.15) is 45.7 Å². The van der Waals surface area contributed by atoms with Gasteiger partial charge in [-0.3, -0.25) is 19.7 Å². The quantitative estimate of drug-likeness (QED) is 0.381. The van der Waals surface area contributed by atoms with Gasteiger partial charge in [0.05, 0.1) is 16.1 Å². The van der Waals surface area contributed by atoms with Crippen molar-refractivity contribution in [2.24, 2.45) is 0 Å². The molecule has 138 valence electrons. The molecule has 0 saturated heterocycles. The first kappa shape index (κ1) is 20.9. The van der Waals surface area contributed by atoms with Crippen LogP contribution in [0.4, 0.5) is 20.2 Å². The van der Waals surface area contributed by atoms with Crippen molar-refractivity contribution in [2.75, 3.05) is 5.73 Å². The number of halogens is 2. The van der Waals surface area contributed by atoms with E-state index in [1.54, 1.807) is 6.92 Å². The number of aryl methyl sites for hydroxylation is 2. The fourth-order valence-corrected chi connectivity index (χ4v) is 2.09. The topological polar surface area (TPSA) is 103 Å². The average molecular weight is 364 g/mol. The van der Waals surface area contributed by atoms with Gasteiger partial charge >= 0.3 is 0 Å². The maximum absolute atomic E-state index is 13.1. The van der Waals surface area contributed by atoms with Gasteiger partial charge in [0.1, 0.15) is 11.6 Å². The van der Waals surface area contributed by atoms with E-state index in [1.165, 1.54) is 26.0 Å². The number of hydrogen-bond acceptors (Lipinski definition) is 5. The van der Waals surface area contributed by atoms with Crippen LogP contribution in [-0.2, 0) is 0 Å². The monoisotopic (exact) mass is 364 g/mol. The molecule has 0 saturated carbocycles. The van der Waals surface area contributed by atoms with E-state index < -0.39 is 22.3 Å². The van der Waals surface area contributed by atoms with Gasteiger partial charge in [0.25, 0.3) is 5.69 Å². The first-order chi connectivity index (χ1) is 12.0. The second kappa shape index (κ2) is 8.28. The first-order valence-corrected chi connectivity index (χ1v) is 7.47. The molecule has 0 amide bonds. The highest BCUT2D eigenvalue weighted by Gasteiger charge is 2.17. The summed E-state index contributed by atoms with van der Waals surface area (Å²) in [7, 11) is 0. The van der Waals surface area contributed by atoms with E-state index in [0.29, 0.717) is 11.3 Å². The number of nitrogens with zero attached hydrogens (tertiary/aromatic N) is 1. The van der Waals surface area contributed by atoms with Gasteiger partial charge in [-0.1, -0.05) is 0 Å². The van der Waals surface area contributed by atoms with Gasteiger partial charge in [0, 0.05) is 17.3 Å². The van der Waals surface area contributed by atoms with Gasteiger partial charge in [-0.2, -0.15) is 0 Å². The molecule has 2 aromatic carbocycles. The summed E-state index contributed by atoms with van der Waals surface area (Å²) in [6, 6.07) is 4.60. The predicted molar refractivity (Wildman–Crippen MR) is 93.3 cm³/mol. The lowest BCUT2D eigenvalue weighted by Crippen LogP contribution is -2.01. The number of ketones is 2. The van der Waals surface area contributed by atoms with Crippen molar-refractivity contribution in [1.29, 1.82) is 0 Å². The van der Waals surface area contributed by atoms with Crippen molar-refractivity contribution in [1.82, 2.24) is 0 Å². The smallest absolute Gasteiger partial charge is 0.273 e. The van der Waals surface area contributed by atoms with Crippen molar-refractivity contribution in [2.45, 2.75) is 27.7 Å². The molecule has 2 N–H and O–H groups in total. The van der Waals surface area contributed by atoms with Gasteiger partial charge < -0.3 is 5.73 Å². The first-order valence-electron chi connectivity index (χ1n) is 7.47. The third kappa shape index (κ3) is 4.92. The van der Waals surface area contributed by atoms with Gasteiger partial charge in [0.2, 0.25) is 0 Å². The van der Waals surface area contributed by atoms with Crippen LogP contribution in [0, 0.1) is 35.6 Å². The number of Topliss-reactive ketones (excluding diaryl/α,β-unsaturated/α-hetero) is 2. The number of nitrogens with two attached hydrogens (primary N) is 1. The predicted octanol–water partition coefficient (Wildman–Crippen LogP) is 4.16. The summed E-state index contributed by atoms with van der Waals surface area (Å²) in [5.74, 6) is -2.06. The van der Waals surface area contributed by atoms with Crippen molar-refractivity contribution in [3.05, 3.63) is 68.3 Å². The summed E-state index contributed by atoms with van der Waals surface area (Å²) in [6.45, 7) is 5.60. The van der Waals surface area contributed by atoms with Crippen LogP contribution in [0.3, 0.4) is 0 Å². The average Bonchev–Trinajstić information content (AvgIpc) is 2.50. The van der Waals surface area contributed by atoms with Crippen LogP contribution < -0.4 is 5.73 Å². The maximum Gasteiger partial charge on any atom is 0.273 e. The lowest BCUT2D eigenvalue weighted by atomic mass is 10.1. The molecule has 0 heterocycles. The molecule has 0 radical (unpaired) electrons. The molecule has 0 bridgehead atoms. The fraction of sp³-hybridized carbons (Fsp3) is 0.222. The van der Waals surface area contributed by atoms with E-state index >= 15 is 0 Å². The van der Waals surface area contributed by atoms with E-state index in [4.69, 9.17) is 5.73 Å². The number of hydrogen-bond donors (Lipinski definition) is 1. The lowest BCUT2D eigenvalue weighted by molar-refractivity contribution is -0.385. The molecule has 6 nitrogen and oxygen atoms in total. The van der Waals surface area contributed by atoms with Crippen molar-refractivity contribution >= 4 is 22.9 Å². The van der Waals surface area contributed by atoms with Crippen LogP contribution in [0.5, 0.6) is 0 Å². The largest absolute Gasteiger partial charge is 0.398 e. The number of benzene rings is 2. The Kier molecular flexibility index (Phi) is 6.65. The third-order valence-corrected chi connectivity index (χ3v) is 3.60. The lowest BCUT2D eigenvalue weighted by Gasteiger charge is -2.03. The number of anilines is 1. The fourth-order valence-electron chi connectivity index (χ4n) is 2.09. The number of nitro groups is 1. The van der Waals surface area contributed by atoms with Gasteiger partial charge in [-0.25, -0.2) is 8.78 Å². The van der Waals surface area contributed by atoms with Crippen LogP contribution in [0.15, 0.2) is 24.3 Å². The standard InChI is InChI=1S/C9H8FNO3.C9H10FNO/c1-5-3-8(10)7(6(2)12)4-9(5)11(13)14;1-5-3-8(10)7(6(2)12)4-9(5)11/h3-4H,1-2H3;3-4H,11H2,1-2H3. The zero-order valence-electron chi connectivity index (χ0n) is 14.7. The summed E-state index contributed by atoms with van der Waals surface area (Å²) in [5, 5.41) is 10.5. The number of carbonyl (C=O) groups excluding carboxylic acids is 2. The molecular formula is C18H18F2N2O4. The second-order valence-corrected chi connectivity index (χ2v) is 5.68. The minimum Gasteiger partial charge on any atom is -0.398 e. The van der Waals surface area contributed by atoms with E-state index in [9.17, 15) is 28.5 Å². The minimum atomic E-state index is -0.722. The molecule has 2 rings (SSSR count). The molecule has 0 spiro atoms. The van der Waals surface area contributed by atoms with Crippen molar-refractivity contribution in [3.63, 3.8) is 0 Å². The summed E-state index contributed by atoms with van der Waals surface area (Å²) in [4.78, 5) is 31.6. The van der Waals surface area contributed by atoms with Crippen LogP contribution in [0.25, 0.3) is 0 Å². The van der Waals surface area contributed by atoms with Crippen LogP contribution in [-0.4, -0.2) is 16.5 Å². The Bertz CT molecular complexity index is 860. The molecule has 0 aliphatic rings. The van der Waals surface area contributed by atoms with E-state index in [2.05, 4.69) is 0 Å². The molecule has 0 fully saturated rings. The number of nitrogen functional groups attached to an aromatic ring is 1. The molecule has 0 unspecified atom stereocenters. The van der Waals surface area contributed by atoms with Gasteiger partial charge in [-0.15, -0.1) is 0 Å².